The van der Waals surface area contributed by atoms with Crippen molar-refractivity contribution in [3.63, 3.8) is 0 Å². The largest absolute Gasteiger partial charge is 0.342 e. The molecule has 2 rings (SSSR count). The molecule has 0 N–H and O–H groups in total. The van der Waals surface area contributed by atoms with Crippen LogP contribution in [-0.2, 0) is 6.54 Å². The second kappa shape index (κ2) is 7.45. The summed E-state index contributed by atoms with van der Waals surface area (Å²) in [5.74, 6) is 0.177. The molecule has 1 aliphatic rings. The van der Waals surface area contributed by atoms with Gasteiger partial charge >= 0.3 is 0 Å². The molecule has 1 unspecified atom stereocenters. The molecular weight excluding hydrogens is 330 g/mol. The predicted octanol–water partition coefficient (Wildman–Crippen LogP) is 3.22. The van der Waals surface area contributed by atoms with E-state index in [4.69, 9.17) is 0 Å². The highest BCUT2D eigenvalue weighted by molar-refractivity contribution is 9.10. The second-order valence-electron chi connectivity index (χ2n) is 5.91. The summed E-state index contributed by atoms with van der Waals surface area (Å²) in [5, 5.41) is 0. The van der Waals surface area contributed by atoms with Crippen molar-refractivity contribution in [1.29, 1.82) is 0 Å². The van der Waals surface area contributed by atoms with Crippen LogP contribution in [0.4, 0.5) is 0 Å². The number of amides is 1. The summed E-state index contributed by atoms with van der Waals surface area (Å²) in [6, 6.07) is 2.27. The maximum Gasteiger partial charge on any atom is 0.270 e. The first-order valence-electron chi connectivity index (χ1n) is 7.92. The first-order chi connectivity index (χ1) is 10.1. The molecule has 1 fully saturated rings. The monoisotopic (exact) mass is 355 g/mol. The molecule has 1 saturated heterocycles. The Labute approximate surface area is 136 Å². The molecule has 0 spiro atoms. The van der Waals surface area contributed by atoms with E-state index in [9.17, 15) is 4.79 Å². The summed E-state index contributed by atoms with van der Waals surface area (Å²) in [6.07, 6.45) is 5.10. The molecule has 5 heteroatoms. The number of nitrogens with zero attached hydrogens (tertiary/aromatic N) is 3. The summed E-state index contributed by atoms with van der Waals surface area (Å²) in [7, 11) is 2.15. The van der Waals surface area contributed by atoms with Gasteiger partial charge in [-0.3, -0.25) is 4.79 Å². The van der Waals surface area contributed by atoms with Crippen LogP contribution in [0.3, 0.4) is 0 Å². The zero-order valence-corrected chi connectivity index (χ0v) is 14.9. The average Bonchev–Trinajstić information content (AvgIpc) is 2.70. The summed E-state index contributed by atoms with van der Waals surface area (Å²) in [6.45, 7) is 8.09. The Morgan fingerprint density at radius 3 is 2.81 bits per heavy atom. The number of hydrogen-bond acceptors (Lipinski definition) is 2. The molecule has 0 aliphatic carbocycles. The molecule has 1 atom stereocenters. The third-order valence-corrected chi connectivity index (χ3v) is 4.61. The van der Waals surface area contributed by atoms with Gasteiger partial charge in [0.15, 0.2) is 0 Å². The Morgan fingerprint density at radius 1 is 1.38 bits per heavy atom. The van der Waals surface area contributed by atoms with Crippen molar-refractivity contribution < 1.29 is 4.79 Å². The molecule has 2 heterocycles. The Morgan fingerprint density at radius 2 is 2.14 bits per heavy atom. The molecule has 118 valence electrons. The van der Waals surface area contributed by atoms with Crippen molar-refractivity contribution in [2.24, 2.45) is 0 Å². The molecule has 1 amide bonds. The first-order valence-corrected chi connectivity index (χ1v) is 8.71. The minimum absolute atomic E-state index is 0.177. The van der Waals surface area contributed by atoms with Crippen molar-refractivity contribution >= 4 is 21.8 Å². The van der Waals surface area contributed by atoms with Crippen LogP contribution in [0.5, 0.6) is 0 Å². The van der Waals surface area contributed by atoms with Crippen molar-refractivity contribution in [3.05, 3.63) is 22.4 Å². The number of halogens is 1. The standard InChI is InChI=1S/C16H26BrN3O/c1-4-7-19-11-13(17)10-15(19)16(21)20-9-6-8-18(3)12-14(20)5-2/h10-11,14H,4-9,12H2,1-3H3. The molecule has 1 aromatic rings. The Balaban J connectivity index is 2.24. The second-order valence-corrected chi connectivity index (χ2v) is 6.83. The van der Waals surface area contributed by atoms with E-state index in [-0.39, 0.29) is 5.91 Å². The fraction of sp³-hybridized carbons (Fsp3) is 0.688. The van der Waals surface area contributed by atoms with Gasteiger partial charge in [0.25, 0.3) is 5.91 Å². The number of rotatable bonds is 4. The van der Waals surface area contributed by atoms with Crippen LogP contribution in [0.15, 0.2) is 16.7 Å². The van der Waals surface area contributed by atoms with Crippen molar-refractivity contribution in [2.75, 3.05) is 26.7 Å². The first kappa shape index (κ1) is 16.6. The van der Waals surface area contributed by atoms with Gasteiger partial charge in [-0.25, -0.2) is 0 Å². The molecule has 0 aromatic carbocycles. The van der Waals surface area contributed by atoms with Crippen LogP contribution in [0.25, 0.3) is 0 Å². The Bertz CT molecular complexity index is 486. The highest BCUT2D eigenvalue weighted by Crippen LogP contribution is 2.20. The summed E-state index contributed by atoms with van der Waals surface area (Å²) in [5.41, 5.74) is 0.812. The van der Waals surface area contributed by atoms with E-state index in [1.165, 1.54) is 0 Å². The quantitative estimate of drug-likeness (QED) is 0.829. The number of carbonyl (C=O) groups is 1. The van der Waals surface area contributed by atoms with Gasteiger partial charge in [-0.2, -0.15) is 0 Å². The van der Waals surface area contributed by atoms with Gasteiger partial charge in [0.1, 0.15) is 5.69 Å². The fourth-order valence-corrected chi connectivity index (χ4v) is 3.55. The molecule has 0 saturated carbocycles. The molecule has 4 nitrogen and oxygen atoms in total. The van der Waals surface area contributed by atoms with E-state index in [0.717, 1.165) is 55.6 Å². The van der Waals surface area contributed by atoms with Crippen molar-refractivity contribution in [3.8, 4) is 0 Å². The van der Waals surface area contributed by atoms with Crippen LogP contribution >= 0.6 is 15.9 Å². The molecule has 1 aromatic heterocycles. The minimum Gasteiger partial charge on any atom is -0.342 e. The van der Waals surface area contributed by atoms with Gasteiger partial charge in [0.2, 0.25) is 0 Å². The van der Waals surface area contributed by atoms with E-state index >= 15 is 0 Å². The van der Waals surface area contributed by atoms with E-state index < -0.39 is 0 Å². The highest BCUT2D eigenvalue weighted by Gasteiger charge is 2.28. The molecule has 0 radical (unpaired) electrons. The van der Waals surface area contributed by atoms with Crippen molar-refractivity contribution in [2.45, 2.75) is 45.7 Å². The molecule has 21 heavy (non-hydrogen) atoms. The van der Waals surface area contributed by atoms with Crippen LogP contribution < -0.4 is 0 Å². The summed E-state index contributed by atoms with van der Waals surface area (Å²) < 4.78 is 3.06. The van der Waals surface area contributed by atoms with Gasteiger partial charge in [0, 0.05) is 36.3 Å². The third-order valence-electron chi connectivity index (χ3n) is 4.18. The summed E-state index contributed by atoms with van der Waals surface area (Å²) in [4.78, 5) is 17.4. The minimum atomic E-state index is 0.177. The average molecular weight is 356 g/mol. The lowest BCUT2D eigenvalue weighted by Gasteiger charge is -2.30. The third kappa shape index (κ3) is 3.89. The fourth-order valence-electron chi connectivity index (χ4n) is 3.09. The SMILES string of the molecule is CCCn1cc(Br)cc1C(=O)N1CCCN(C)CC1CC. The van der Waals surface area contributed by atoms with E-state index in [1.807, 2.05) is 12.3 Å². The topological polar surface area (TPSA) is 28.5 Å². The lowest BCUT2D eigenvalue weighted by atomic mass is 10.1. The van der Waals surface area contributed by atoms with Gasteiger partial charge in [-0.15, -0.1) is 0 Å². The zero-order valence-electron chi connectivity index (χ0n) is 13.3. The van der Waals surface area contributed by atoms with Crippen LogP contribution in [0, 0.1) is 0 Å². The van der Waals surface area contributed by atoms with Crippen molar-refractivity contribution in [1.82, 2.24) is 14.4 Å². The smallest absolute Gasteiger partial charge is 0.270 e. The van der Waals surface area contributed by atoms with Gasteiger partial charge in [-0.05, 0) is 54.9 Å². The number of aromatic nitrogens is 1. The lowest BCUT2D eigenvalue weighted by molar-refractivity contribution is 0.0664. The maximum absolute atomic E-state index is 13.0. The van der Waals surface area contributed by atoms with E-state index in [1.54, 1.807) is 0 Å². The lowest BCUT2D eigenvalue weighted by Crippen LogP contribution is -2.44. The Kier molecular flexibility index (Phi) is 5.88. The van der Waals surface area contributed by atoms with Crippen LogP contribution in [-0.4, -0.2) is 53.0 Å². The van der Waals surface area contributed by atoms with Gasteiger partial charge < -0.3 is 14.4 Å². The maximum atomic E-state index is 13.0. The normalized spacial score (nSPS) is 20.6. The molecule has 0 bridgehead atoms. The number of likely N-dealkylation sites (N-methyl/N-ethyl adjacent to an activating group) is 1. The van der Waals surface area contributed by atoms with Gasteiger partial charge in [-0.1, -0.05) is 13.8 Å². The number of aryl methyl sites for hydroxylation is 1. The summed E-state index contributed by atoms with van der Waals surface area (Å²) >= 11 is 3.50. The van der Waals surface area contributed by atoms with E-state index in [2.05, 4.69) is 51.2 Å². The number of carbonyl (C=O) groups excluding carboxylic acids is 1. The Hall–Kier alpha value is -0.810. The zero-order chi connectivity index (χ0) is 15.4. The van der Waals surface area contributed by atoms with Crippen LogP contribution in [0.1, 0.15) is 43.6 Å². The van der Waals surface area contributed by atoms with Crippen LogP contribution in [0.2, 0.25) is 0 Å². The molecular formula is C16H26BrN3O. The number of hydrogen-bond donors (Lipinski definition) is 0. The highest BCUT2D eigenvalue weighted by atomic mass is 79.9. The predicted molar refractivity (Wildman–Crippen MR) is 89.7 cm³/mol. The van der Waals surface area contributed by atoms with Gasteiger partial charge in [0.05, 0.1) is 0 Å². The molecule has 1 aliphatic heterocycles. The van der Waals surface area contributed by atoms with E-state index in [0.29, 0.717) is 6.04 Å².